The van der Waals surface area contributed by atoms with Gasteiger partial charge in [-0.15, -0.1) is 0 Å². The molecule has 0 bridgehead atoms. The van der Waals surface area contributed by atoms with E-state index in [0.717, 1.165) is 5.56 Å². The van der Waals surface area contributed by atoms with Crippen LogP contribution < -0.4 is 16.6 Å². The molecule has 20 heavy (non-hydrogen) atoms. The molecule has 0 saturated heterocycles. The van der Waals surface area contributed by atoms with Crippen LogP contribution in [0.4, 0.5) is 11.4 Å². The predicted octanol–water partition coefficient (Wildman–Crippen LogP) is 3.95. The third kappa shape index (κ3) is 3.30. The molecule has 0 aliphatic rings. The van der Waals surface area contributed by atoms with E-state index >= 15 is 0 Å². The van der Waals surface area contributed by atoms with E-state index in [-0.39, 0.29) is 5.91 Å². The van der Waals surface area contributed by atoms with Crippen molar-refractivity contribution in [3.63, 3.8) is 0 Å². The molecule has 2 rings (SSSR count). The summed E-state index contributed by atoms with van der Waals surface area (Å²) in [7, 11) is 0. The number of nitrogens with two attached hydrogens (primary N) is 1. The fourth-order valence-electron chi connectivity index (χ4n) is 1.75. The number of aryl methyl sites for hydroxylation is 1. The zero-order chi connectivity index (χ0) is 14.7. The van der Waals surface area contributed by atoms with Gasteiger partial charge in [0.1, 0.15) is 0 Å². The van der Waals surface area contributed by atoms with E-state index in [2.05, 4.69) is 26.7 Å². The maximum Gasteiger partial charge on any atom is 0.257 e. The lowest BCUT2D eigenvalue weighted by molar-refractivity contribution is 0.102. The van der Waals surface area contributed by atoms with Gasteiger partial charge in [-0.3, -0.25) is 10.6 Å². The maximum absolute atomic E-state index is 12.3. The summed E-state index contributed by atoms with van der Waals surface area (Å²) in [4.78, 5) is 12.3. The summed E-state index contributed by atoms with van der Waals surface area (Å²) in [5.74, 6) is 5.18. The van der Waals surface area contributed by atoms with Gasteiger partial charge in [0, 0.05) is 9.50 Å². The minimum Gasteiger partial charge on any atom is -0.323 e. The predicted molar refractivity (Wildman–Crippen MR) is 86.1 cm³/mol. The van der Waals surface area contributed by atoms with Crippen LogP contribution in [0.5, 0.6) is 0 Å². The smallest absolute Gasteiger partial charge is 0.257 e. The van der Waals surface area contributed by atoms with Gasteiger partial charge in [0.25, 0.3) is 5.91 Å². The average Bonchev–Trinajstić information content (AvgIpc) is 2.41. The molecule has 0 radical (unpaired) electrons. The lowest BCUT2D eigenvalue weighted by Crippen LogP contribution is -2.17. The number of anilines is 2. The monoisotopic (exact) mass is 353 g/mol. The fourth-order valence-corrected chi connectivity index (χ4v) is 2.53. The van der Waals surface area contributed by atoms with Crippen LogP contribution >= 0.6 is 27.5 Å². The molecule has 0 aliphatic carbocycles. The van der Waals surface area contributed by atoms with Crippen molar-refractivity contribution in [2.75, 3.05) is 10.7 Å². The van der Waals surface area contributed by atoms with Gasteiger partial charge in [-0.2, -0.15) is 0 Å². The van der Waals surface area contributed by atoms with Crippen molar-refractivity contribution in [3.8, 4) is 0 Å². The summed E-state index contributed by atoms with van der Waals surface area (Å²) in [6.45, 7) is 1.91. The summed E-state index contributed by atoms with van der Waals surface area (Å²) in [6, 6.07) is 10.6. The molecule has 0 fully saturated rings. The molecule has 104 valence electrons. The van der Waals surface area contributed by atoms with Crippen LogP contribution in [0.15, 0.2) is 40.9 Å². The van der Waals surface area contributed by atoms with Gasteiger partial charge in [-0.05, 0) is 53.2 Å². The second kappa shape index (κ2) is 6.26. The molecule has 0 atom stereocenters. The molecule has 0 saturated carbocycles. The summed E-state index contributed by atoms with van der Waals surface area (Å²) in [5.41, 5.74) is 5.19. The number of nitrogen functional groups attached to an aromatic ring is 1. The van der Waals surface area contributed by atoms with Gasteiger partial charge in [0.05, 0.1) is 16.9 Å². The van der Waals surface area contributed by atoms with Crippen LogP contribution in [0.3, 0.4) is 0 Å². The zero-order valence-corrected chi connectivity index (χ0v) is 13.0. The first-order chi connectivity index (χ1) is 9.51. The number of hydrazine groups is 1. The normalized spacial score (nSPS) is 10.2. The van der Waals surface area contributed by atoms with Crippen molar-refractivity contribution < 1.29 is 4.79 Å². The van der Waals surface area contributed by atoms with E-state index in [1.165, 1.54) is 0 Å². The third-order valence-corrected chi connectivity index (χ3v) is 3.65. The van der Waals surface area contributed by atoms with Crippen LogP contribution in [0, 0.1) is 6.92 Å². The van der Waals surface area contributed by atoms with E-state index in [1.807, 2.05) is 13.0 Å². The van der Waals surface area contributed by atoms with Gasteiger partial charge in [0.2, 0.25) is 0 Å². The lowest BCUT2D eigenvalue weighted by Gasteiger charge is -2.11. The SMILES string of the molecule is Cc1ccc(NN)c(C(=O)Nc2ccc(Cl)cc2Br)c1. The summed E-state index contributed by atoms with van der Waals surface area (Å²) < 4.78 is 0.716. The third-order valence-electron chi connectivity index (χ3n) is 2.75. The second-order valence-corrected chi connectivity index (χ2v) is 5.56. The Labute approximate surface area is 130 Å². The van der Waals surface area contributed by atoms with E-state index in [9.17, 15) is 4.79 Å². The van der Waals surface area contributed by atoms with E-state index < -0.39 is 0 Å². The minimum atomic E-state index is -0.246. The van der Waals surface area contributed by atoms with Crippen LogP contribution in [-0.2, 0) is 0 Å². The molecule has 0 aliphatic heterocycles. The van der Waals surface area contributed by atoms with Gasteiger partial charge in [-0.1, -0.05) is 23.2 Å². The fraction of sp³-hybridized carbons (Fsp3) is 0.0714. The molecule has 0 heterocycles. The Hall–Kier alpha value is -1.56. The lowest BCUT2D eigenvalue weighted by atomic mass is 10.1. The van der Waals surface area contributed by atoms with Gasteiger partial charge in [-0.25, -0.2) is 0 Å². The highest BCUT2D eigenvalue weighted by Gasteiger charge is 2.13. The molecule has 2 aromatic carbocycles. The molecule has 4 N–H and O–H groups in total. The number of rotatable bonds is 3. The summed E-state index contributed by atoms with van der Waals surface area (Å²) in [6.07, 6.45) is 0. The van der Waals surface area contributed by atoms with Crippen molar-refractivity contribution in [2.24, 2.45) is 5.84 Å². The molecule has 1 amide bonds. The first kappa shape index (κ1) is 14.8. The molecule has 6 heteroatoms. The molecule has 0 unspecified atom stereocenters. The van der Waals surface area contributed by atoms with Crippen LogP contribution in [0.2, 0.25) is 5.02 Å². The number of halogens is 2. The largest absolute Gasteiger partial charge is 0.323 e. The van der Waals surface area contributed by atoms with Crippen molar-refractivity contribution in [1.82, 2.24) is 0 Å². The number of carbonyl (C=O) groups excluding carboxylic acids is 1. The number of benzene rings is 2. The number of hydrogen-bond donors (Lipinski definition) is 3. The van der Waals surface area contributed by atoms with Gasteiger partial charge >= 0.3 is 0 Å². The first-order valence-electron chi connectivity index (χ1n) is 5.85. The minimum absolute atomic E-state index is 0.246. The molecule has 4 nitrogen and oxygen atoms in total. The van der Waals surface area contributed by atoms with E-state index in [0.29, 0.717) is 26.4 Å². The maximum atomic E-state index is 12.3. The first-order valence-corrected chi connectivity index (χ1v) is 7.02. The summed E-state index contributed by atoms with van der Waals surface area (Å²) in [5, 5.41) is 3.41. The highest BCUT2D eigenvalue weighted by Crippen LogP contribution is 2.27. The number of nitrogens with one attached hydrogen (secondary N) is 2. The van der Waals surface area contributed by atoms with Crippen molar-refractivity contribution >= 4 is 44.8 Å². The Morgan fingerprint density at radius 1 is 1.20 bits per heavy atom. The van der Waals surface area contributed by atoms with Crippen LogP contribution in [0.25, 0.3) is 0 Å². The number of hydrogen-bond acceptors (Lipinski definition) is 3. The Morgan fingerprint density at radius 3 is 2.55 bits per heavy atom. The highest BCUT2D eigenvalue weighted by molar-refractivity contribution is 9.10. The van der Waals surface area contributed by atoms with Crippen LogP contribution in [-0.4, -0.2) is 5.91 Å². The Bertz CT molecular complexity index is 661. The van der Waals surface area contributed by atoms with Crippen LogP contribution in [0.1, 0.15) is 15.9 Å². The number of amides is 1. The van der Waals surface area contributed by atoms with Crippen molar-refractivity contribution in [3.05, 3.63) is 57.0 Å². The standard InChI is InChI=1S/C14H13BrClN3O/c1-8-2-4-12(19-17)10(6-8)14(20)18-13-5-3-9(16)7-11(13)15/h2-7,19H,17H2,1H3,(H,18,20). The summed E-state index contributed by atoms with van der Waals surface area (Å²) >= 11 is 9.23. The average molecular weight is 355 g/mol. The van der Waals surface area contributed by atoms with Crippen molar-refractivity contribution in [1.29, 1.82) is 0 Å². The Balaban J connectivity index is 2.30. The molecule has 0 spiro atoms. The molecule has 0 aromatic heterocycles. The van der Waals surface area contributed by atoms with Crippen molar-refractivity contribution in [2.45, 2.75) is 6.92 Å². The van der Waals surface area contributed by atoms with E-state index in [4.69, 9.17) is 17.4 Å². The van der Waals surface area contributed by atoms with Gasteiger partial charge in [0.15, 0.2) is 0 Å². The topological polar surface area (TPSA) is 67.1 Å². The highest BCUT2D eigenvalue weighted by atomic mass is 79.9. The Kier molecular flexibility index (Phi) is 4.65. The zero-order valence-electron chi connectivity index (χ0n) is 10.7. The van der Waals surface area contributed by atoms with Gasteiger partial charge < -0.3 is 10.7 Å². The second-order valence-electron chi connectivity index (χ2n) is 4.27. The molecule has 2 aromatic rings. The molecular formula is C14H13BrClN3O. The number of carbonyl (C=O) groups is 1. The molecular weight excluding hydrogens is 342 g/mol. The van der Waals surface area contributed by atoms with E-state index in [1.54, 1.807) is 30.3 Å². The quantitative estimate of drug-likeness (QED) is 0.577. The Morgan fingerprint density at radius 2 is 1.90 bits per heavy atom.